The summed E-state index contributed by atoms with van der Waals surface area (Å²) >= 11 is 0. The summed E-state index contributed by atoms with van der Waals surface area (Å²) < 4.78 is 38.0. The lowest BCUT2D eigenvalue weighted by atomic mass is 10.1. The minimum atomic E-state index is -4.41. The number of carbonyl (C=O) groups is 2. The van der Waals surface area contributed by atoms with Gasteiger partial charge in [-0.25, -0.2) is 0 Å². The van der Waals surface area contributed by atoms with Crippen LogP contribution in [0.5, 0.6) is 0 Å². The average molecular weight is 411 g/mol. The highest BCUT2D eigenvalue weighted by atomic mass is 19.4. The molecule has 3 rings (SSSR count). The topological polar surface area (TPSA) is 52.7 Å². The fourth-order valence-electron chi connectivity index (χ4n) is 3.99. The van der Waals surface area contributed by atoms with Crippen molar-refractivity contribution in [3.63, 3.8) is 0 Å². The molecular weight excluding hydrogens is 383 g/mol. The van der Waals surface area contributed by atoms with Crippen molar-refractivity contribution < 1.29 is 22.8 Å². The van der Waals surface area contributed by atoms with Crippen molar-refractivity contribution in [1.29, 1.82) is 0 Å². The Morgan fingerprint density at radius 2 is 1.52 bits per heavy atom. The molecule has 0 radical (unpaired) electrons. The molecule has 1 saturated heterocycles. The third-order valence-corrected chi connectivity index (χ3v) is 5.71. The van der Waals surface area contributed by atoms with Crippen LogP contribution in [0.2, 0.25) is 0 Å². The number of alkyl halides is 3. The standard InChI is InChI=1S/C21H28F3N3O2/c22-21(23,24)17-9-7-16(8-10-17)20(29)27-13-11-26(12-14-27)15-19(28)25-18-5-3-1-2-4-6-18/h7-10,18H,1-6,11-15H2,(H,25,28). The third kappa shape index (κ3) is 6.19. The van der Waals surface area contributed by atoms with Gasteiger partial charge in [-0.05, 0) is 37.1 Å². The van der Waals surface area contributed by atoms with Gasteiger partial charge in [0.1, 0.15) is 0 Å². The van der Waals surface area contributed by atoms with Crippen LogP contribution in [-0.4, -0.2) is 60.4 Å². The molecule has 0 aromatic heterocycles. The summed E-state index contributed by atoms with van der Waals surface area (Å²) in [5.74, 6) is -0.249. The molecule has 1 saturated carbocycles. The molecule has 0 atom stereocenters. The Balaban J connectivity index is 1.44. The molecule has 1 aromatic rings. The molecule has 1 heterocycles. The number of amides is 2. The highest BCUT2D eigenvalue weighted by Gasteiger charge is 2.31. The Morgan fingerprint density at radius 3 is 2.07 bits per heavy atom. The Labute approximate surface area is 169 Å². The molecule has 1 aromatic carbocycles. The summed E-state index contributed by atoms with van der Waals surface area (Å²) in [5, 5.41) is 3.13. The first kappa shape index (κ1) is 21.6. The fraction of sp³-hybridized carbons (Fsp3) is 0.619. The zero-order chi connectivity index (χ0) is 20.9. The van der Waals surface area contributed by atoms with Gasteiger partial charge in [0.25, 0.3) is 5.91 Å². The number of benzene rings is 1. The van der Waals surface area contributed by atoms with E-state index in [1.54, 1.807) is 4.90 Å². The second-order valence-electron chi connectivity index (χ2n) is 7.90. The van der Waals surface area contributed by atoms with Crippen molar-refractivity contribution in [2.75, 3.05) is 32.7 Å². The largest absolute Gasteiger partial charge is 0.416 e. The van der Waals surface area contributed by atoms with E-state index < -0.39 is 11.7 Å². The van der Waals surface area contributed by atoms with Crippen LogP contribution in [0.15, 0.2) is 24.3 Å². The first-order chi connectivity index (χ1) is 13.8. The van der Waals surface area contributed by atoms with E-state index in [9.17, 15) is 22.8 Å². The highest BCUT2D eigenvalue weighted by Crippen LogP contribution is 2.29. The molecule has 0 spiro atoms. The lowest BCUT2D eigenvalue weighted by Gasteiger charge is -2.34. The molecular formula is C21H28F3N3O2. The quantitative estimate of drug-likeness (QED) is 0.774. The zero-order valence-electron chi connectivity index (χ0n) is 16.5. The molecule has 2 amide bonds. The first-order valence-corrected chi connectivity index (χ1v) is 10.3. The number of nitrogens with zero attached hydrogens (tertiary/aromatic N) is 2. The van der Waals surface area contributed by atoms with E-state index in [1.165, 1.54) is 25.0 Å². The lowest BCUT2D eigenvalue weighted by Crippen LogP contribution is -2.51. The number of carbonyl (C=O) groups excluding carboxylic acids is 2. The van der Waals surface area contributed by atoms with Gasteiger partial charge in [-0.15, -0.1) is 0 Å². The summed E-state index contributed by atoms with van der Waals surface area (Å²) in [4.78, 5) is 28.5. The minimum absolute atomic E-state index is 0.0272. The molecule has 5 nitrogen and oxygen atoms in total. The van der Waals surface area contributed by atoms with Gasteiger partial charge in [0, 0.05) is 37.8 Å². The Kier molecular flexibility index (Phi) is 7.16. The van der Waals surface area contributed by atoms with E-state index in [1.807, 2.05) is 4.90 Å². The van der Waals surface area contributed by atoms with Crippen LogP contribution in [0, 0.1) is 0 Å². The molecule has 8 heteroatoms. The van der Waals surface area contributed by atoms with E-state index >= 15 is 0 Å². The number of nitrogens with one attached hydrogen (secondary N) is 1. The maximum absolute atomic E-state index is 12.7. The van der Waals surface area contributed by atoms with E-state index in [0.29, 0.717) is 32.7 Å². The van der Waals surface area contributed by atoms with Crippen molar-refractivity contribution in [2.24, 2.45) is 0 Å². The van der Waals surface area contributed by atoms with E-state index in [0.717, 1.165) is 37.8 Å². The minimum Gasteiger partial charge on any atom is -0.352 e. The third-order valence-electron chi connectivity index (χ3n) is 5.71. The van der Waals surface area contributed by atoms with Crippen molar-refractivity contribution in [3.8, 4) is 0 Å². The average Bonchev–Trinajstić information content (AvgIpc) is 2.96. The molecule has 29 heavy (non-hydrogen) atoms. The molecule has 0 bridgehead atoms. The molecule has 0 unspecified atom stereocenters. The molecule has 1 N–H and O–H groups in total. The van der Waals surface area contributed by atoms with Gasteiger partial charge in [0.2, 0.25) is 5.91 Å². The molecule has 160 valence electrons. The van der Waals surface area contributed by atoms with Crippen molar-refractivity contribution in [1.82, 2.24) is 15.1 Å². The first-order valence-electron chi connectivity index (χ1n) is 10.3. The van der Waals surface area contributed by atoms with Crippen LogP contribution in [0.1, 0.15) is 54.4 Å². The smallest absolute Gasteiger partial charge is 0.352 e. The van der Waals surface area contributed by atoms with Gasteiger partial charge >= 0.3 is 6.18 Å². The van der Waals surface area contributed by atoms with Crippen LogP contribution < -0.4 is 5.32 Å². The predicted molar refractivity (Wildman–Crippen MR) is 103 cm³/mol. The Bertz CT molecular complexity index is 690. The van der Waals surface area contributed by atoms with Gasteiger partial charge in [-0.1, -0.05) is 25.7 Å². The normalized spacial score (nSPS) is 19.6. The van der Waals surface area contributed by atoms with Crippen molar-refractivity contribution in [3.05, 3.63) is 35.4 Å². The van der Waals surface area contributed by atoms with E-state index in [2.05, 4.69) is 5.32 Å². The van der Waals surface area contributed by atoms with E-state index in [-0.39, 0.29) is 23.4 Å². The molecule has 2 fully saturated rings. The van der Waals surface area contributed by atoms with Gasteiger partial charge in [-0.3, -0.25) is 14.5 Å². The molecule has 1 aliphatic carbocycles. The van der Waals surface area contributed by atoms with Crippen LogP contribution >= 0.6 is 0 Å². The molecule has 2 aliphatic rings. The summed E-state index contributed by atoms with van der Waals surface area (Å²) in [6.07, 6.45) is 2.47. The second kappa shape index (κ2) is 9.61. The summed E-state index contributed by atoms with van der Waals surface area (Å²) in [7, 11) is 0. The van der Waals surface area contributed by atoms with Crippen LogP contribution in [-0.2, 0) is 11.0 Å². The van der Waals surface area contributed by atoms with Crippen LogP contribution in [0.3, 0.4) is 0 Å². The SMILES string of the molecule is O=C(CN1CCN(C(=O)c2ccc(C(F)(F)F)cc2)CC1)NC1CCCCCC1. The van der Waals surface area contributed by atoms with Crippen LogP contribution in [0.4, 0.5) is 13.2 Å². The van der Waals surface area contributed by atoms with Gasteiger partial charge < -0.3 is 10.2 Å². The number of hydrogen-bond donors (Lipinski definition) is 1. The van der Waals surface area contributed by atoms with Gasteiger partial charge in [-0.2, -0.15) is 13.2 Å². The maximum Gasteiger partial charge on any atom is 0.416 e. The van der Waals surface area contributed by atoms with Gasteiger partial charge in [0.15, 0.2) is 0 Å². The predicted octanol–water partition coefficient (Wildman–Crippen LogP) is 3.30. The Morgan fingerprint density at radius 1 is 0.931 bits per heavy atom. The number of piperazine rings is 1. The Hall–Kier alpha value is -2.09. The lowest BCUT2D eigenvalue weighted by molar-refractivity contribution is -0.137. The summed E-state index contributed by atoms with van der Waals surface area (Å²) in [5.41, 5.74) is -0.517. The highest BCUT2D eigenvalue weighted by molar-refractivity contribution is 5.94. The maximum atomic E-state index is 12.7. The molecule has 1 aliphatic heterocycles. The van der Waals surface area contributed by atoms with E-state index in [4.69, 9.17) is 0 Å². The second-order valence-corrected chi connectivity index (χ2v) is 7.90. The number of rotatable bonds is 4. The zero-order valence-corrected chi connectivity index (χ0v) is 16.5. The number of halogens is 3. The van der Waals surface area contributed by atoms with Crippen molar-refractivity contribution in [2.45, 2.75) is 50.7 Å². The fourth-order valence-corrected chi connectivity index (χ4v) is 3.99. The van der Waals surface area contributed by atoms with Gasteiger partial charge in [0.05, 0.1) is 12.1 Å². The van der Waals surface area contributed by atoms with Crippen molar-refractivity contribution >= 4 is 11.8 Å². The van der Waals surface area contributed by atoms with Crippen LogP contribution in [0.25, 0.3) is 0 Å². The number of hydrogen-bond acceptors (Lipinski definition) is 3. The summed E-state index contributed by atoms with van der Waals surface area (Å²) in [6.45, 7) is 2.38. The monoisotopic (exact) mass is 411 g/mol. The summed E-state index contributed by atoms with van der Waals surface area (Å²) in [6, 6.07) is 4.57.